The molecule has 1 amide bonds. The van der Waals surface area contributed by atoms with E-state index in [1.54, 1.807) is 36.2 Å². The van der Waals surface area contributed by atoms with E-state index in [-0.39, 0.29) is 17.4 Å². The number of anilines is 1. The topological polar surface area (TPSA) is 69.9 Å². The van der Waals surface area contributed by atoms with Crippen molar-refractivity contribution >= 4 is 17.3 Å². The molecule has 0 bridgehead atoms. The van der Waals surface area contributed by atoms with Gasteiger partial charge in [0.1, 0.15) is 5.82 Å². The van der Waals surface area contributed by atoms with Crippen molar-refractivity contribution in [3.05, 3.63) is 70.0 Å². The average Bonchev–Trinajstić information content (AvgIpc) is 2.68. The van der Waals surface area contributed by atoms with Gasteiger partial charge in [0.2, 0.25) is 5.91 Å². The summed E-state index contributed by atoms with van der Waals surface area (Å²) in [6.45, 7) is 3.66. The summed E-state index contributed by atoms with van der Waals surface area (Å²) >= 11 is 0. The minimum Gasteiger partial charge on any atom is -0.369 e. The lowest BCUT2D eigenvalue weighted by atomic mass is 10.2. The normalized spacial score (nSPS) is 14.7. The number of likely N-dealkylation sites (N-methyl/N-ethyl adjacent to an activating group) is 1. The van der Waals surface area contributed by atoms with Crippen LogP contribution >= 0.6 is 0 Å². The Balaban J connectivity index is 1.48. The van der Waals surface area contributed by atoms with Crippen molar-refractivity contribution in [2.75, 3.05) is 44.7 Å². The molecule has 3 rings (SSSR count). The summed E-state index contributed by atoms with van der Waals surface area (Å²) in [7, 11) is 1.72. The van der Waals surface area contributed by atoms with Gasteiger partial charge in [0, 0.05) is 57.6 Å². The maximum atomic E-state index is 13.3. The van der Waals surface area contributed by atoms with Crippen LogP contribution in [0.1, 0.15) is 5.56 Å². The Morgan fingerprint density at radius 2 is 1.82 bits per heavy atom. The fraction of sp³-hybridized carbons (Fsp3) is 0.350. The number of hydrogen-bond acceptors (Lipinski definition) is 5. The summed E-state index contributed by atoms with van der Waals surface area (Å²) in [4.78, 5) is 28.7. The van der Waals surface area contributed by atoms with Crippen LogP contribution < -0.4 is 4.90 Å². The molecule has 1 aliphatic heterocycles. The van der Waals surface area contributed by atoms with Gasteiger partial charge in [-0.25, -0.2) is 4.39 Å². The molecule has 0 unspecified atom stereocenters. The summed E-state index contributed by atoms with van der Waals surface area (Å²) in [5.41, 5.74) is 1.79. The van der Waals surface area contributed by atoms with Gasteiger partial charge in [0.15, 0.2) is 0 Å². The van der Waals surface area contributed by atoms with Crippen molar-refractivity contribution in [3.63, 3.8) is 0 Å². The van der Waals surface area contributed by atoms with E-state index in [1.165, 1.54) is 24.3 Å². The van der Waals surface area contributed by atoms with E-state index in [1.807, 2.05) is 0 Å². The standard InChI is InChI=1S/C20H23FN4O3/c1-22(14-16-3-2-4-17(21)13-16)20(26)15-23-9-11-24(12-10-23)18-5-7-19(8-6-18)25(27)28/h2-8,13H,9-12,14-15H2,1H3. The zero-order valence-electron chi connectivity index (χ0n) is 15.8. The summed E-state index contributed by atoms with van der Waals surface area (Å²) in [6.07, 6.45) is 0. The van der Waals surface area contributed by atoms with Gasteiger partial charge in [0.25, 0.3) is 5.69 Å². The predicted molar refractivity (Wildman–Crippen MR) is 105 cm³/mol. The highest BCUT2D eigenvalue weighted by Crippen LogP contribution is 2.20. The van der Waals surface area contributed by atoms with Crippen LogP contribution in [0.3, 0.4) is 0 Å². The molecule has 28 heavy (non-hydrogen) atoms. The molecular formula is C20H23FN4O3. The van der Waals surface area contributed by atoms with Gasteiger partial charge >= 0.3 is 0 Å². The van der Waals surface area contributed by atoms with Crippen LogP contribution in [0.4, 0.5) is 15.8 Å². The number of hydrogen-bond donors (Lipinski definition) is 0. The molecule has 0 aromatic heterocycles. The number of halogens is 1. The molecule has 8 heteroatoms. The van der Waals surface area contributed by atoms with Gasteiger partial charge in [-0.3, -0.25) is 19.8 Å². The quantitative estimate of drug-likeness (QED) is 0.564. The lowest BCUT2D eigenvalue weighted by molar-refractivity contribution is -0.384. The third kappa shape index (κ3) is 5.04. The predicted octanol–water partition coefficient (Wildman–Crippen LogP) is 2.51. The third-order valence-electron chi connectivity index (χ3n) is 4.89. The minimum atomic E-state index is -0.409. The Labute approximate surface area is 163 Å². The molecule has 0 aliphatic carbocycles. The monoisotopic (exact) mass is 386 g/mol. The van der Waals surface area contributed by atoms with Crippen molar-refractivity contribution in [2.24, 2.45) is 0 Å². The summed E-state index contributed by atoms with van der Waals surface area (Å²) in [6, 6.07) is 12.8. The summed E-state index contributed by atoms with van der Waals surface area (Å²) in [5.74, 6) is -0.311. The van der Waals surface area contributed by atoms with Gasteiger partial charge < -0.3 is 9.80 Å². The van der Waals surface area contributed by atoms with E-state index in [0.717, 1.165) is 37.4 Å². The first-order chi connectivity index (χ1) is 13.4. The molecule has 0 spiro atoms. The largest absolute Gasteiger partial charge is 0.369 e. The lowest BCUT2D eigenvalue weighted by Crippen LogP contribution is -2.49. The second-order valence-corrected chi connectivity index (χ2v) is 6.92. The summed E-state index contributed by atoms with van der Waals surface area (Å²) in [5, 5.41) is 10.8. The Morgan fingerprint density at radius 3 is 2.43 bits per heavy atom. The Bertz CT molecular complexity index is 836. The van der Waals surface area contributed by atoms with Crippen molar-refractivity contribution in [2.45, 2.75) is 6.54 Å². The molecule has 0 atom stereocenters. The number of piperazine rings is 1. The van der Waals surface area contributed by atoms with Crippen LogP contribution in [0.2, 0.25) is 0 Å². The second kappa shape index (κ2) is 8.79. The first kappa shape index (κ1) is 19.8. The molecule has 7 nitrogen and oxygen atoms in total. The fourth-order valence-corrected chi connectivity index (χ4v) is 3.26. The first-order valence-electron chi connectivity index (χ1n) is 9.12. The minimum absolute atomic E-state index is 0.00644. The highest BCUT2D eigenvalue weighted by Gasteiger charge is 2.21. The van der Waals surface area contributed by atoms with Crippen molar-refractivity contribution in [1.82, 2.24) is 9.80 Å². The van der Waals surface area contributed by atoms with Crippen LogP contribution in [-0.2, 0) is 11.3 Å². The van der Waals surface area contributed by atoms with Gasteiger partial charge in [-0.1, -0.05) is 12.1 Å². The van der Waals surface area contributed by atoms with Crippen LogP contribution in [-0.4, -0.2) is 60.4 Å². The molecule has 2 aromatic carbocycles. The van der Waals surface area contributed by atoms with Crippen molar-refractivity contribution in [1.29, 1.82) is 0 Å². The SMILES string of the molecule is CN(Cc1cccc(F)c1)C(=O)CN1CCN(c2ccc([N+](=O)[O-])cc2)CC1. The number of carbonyl (C=O) groups is 1. The Morgan fingerprint density at radius 1 is 1.14 bits per heavy atom. The van der Waals surface area contributed by atoms with Crippen molar-refractivity contribution in [3.8, 4) is 0 Å². The highest BCUT2D eigenvalue weighted by molar-refractivity contribution is 5.78. The molecular weight excluding hydrogens is 363 g/mol. The number of rotatable bonds is 6. The van der Waals surface area contributed by atoms with Crippen molar-refractivity contribution < 1.29 is 14.1 Å². The number of carbonyl (C=O) groups excluding carboxylic acids is 1. The van der Waals surface area contributed by atoms with E-state index in [2.05, 4.69) is 9.80 Å². The van der Waals surface area contributed by atoms with Gasteiger partial charge in [-0.05, 0) is 29.8 Å². The maximum Gasteiger partial charge on any atom is 0.269 e. The smallest absolute Gasteiger partial charge is 0.269 e. The van der Waals surface area contributed by atoms with Crippen LogP contribution in [0.5, 0.6) is 0 Å². The number of non-ortho nitro benzene ring substituents is 1. The molecule has 2 aromatic rings. The number of nitrogens with zero attached hydrogens (tertiary/aromatic N) is 4. The van der Waals surface area contributed by atoms with E-state index >= 15 is 0 Å². The third-order valence-corrected chi connectivity index (χ3v) is 4.89. The average molecular weight is 386 g/mol. The number of nitro groups is 1. The Kier molecular flexibility index (Phi) is 6.20. The lowest BCUT2D eigenvalue weighted by Gasteiger charge is -2.36. The number of amides is 1. The van der Waals surface area contributed by atoms with Crippen LogP contribution in [0.25, 0.3) is 0 Å². The Hall–Kier alpha value is -3.00. The molecule has 1 saturated heterocycles. The van der Waals surface area contributed by atoms with E-state index in [4.69, 9.17) is 0 Å². The zero-order chi connectivity index (χ0) is 20.1. The molecule has 0 N–H and O–H groups in total. The highest BCUT2D eigenvalue weighted by atomic mass is 19.1. The number of nitro benzene ring substituents is 1. The molecule has 1 fully saturated rings. The number of benzene rings is 2. The van der Waals surface area contributed by atoms with Crippen LogP contribution in [0.15, 0.2) is 48.5 Å². The second-order valence-electron chi connectivity index (χ2n) is 6.92. The maximum absolute atomic E-state index is 13.3. The van der Waals surface area contributed by atoms with E-state index in [9.17, 15) is 19.3 Å². The first-order valence-corrected chi connectivity index (χ1v) is 9.12. The fourth-order valence-electron chi connectivity index (χ4n) is 3.26. The van der Waals surface area contributed by atoms with Gasteiger partial charge in [0.05, 0.1) is 11.5 Å². The summed E-state index contributed by atoms with van der Waals surface area (Å²) < 4.78 is 13.3. The van der Waals surface area contributed by atoms with Gasteiger partial charge in [-0.15, -0.1) is 0 Å². The molecule has 1 heterocycles. The molecule has 0 saturated carbocycles. The van der Waals surface area contributed by atoms with E-state index < -0.39 is 4.92 Å². The van der Waals surface area contributed by atoms with Gasteiger partial charge in [-0.2, -0.15) is 0 Å². The zero-order valence-corrected chi connectivity index (χ0v) is 15.8. The molecule has 1 aliphatic rings. The molecule has 0 radical (unpaired) electrons. The van der Waals surface area contributed by atoms with Crippen LogP contribution in [0, 0.1) is 15.9 Å². The molecule has 148 valence electrons. The van der Waals surface area contributed by atoms with E-state index in [0.29, 0.717) is 13.1 Å².